The van der Waals surface area contributed by atoms with Crippen molar-refractivity contribution in [1.82, 2.24) is 9.55 Å². The Morgan fingerprint density at radius 3 is 2.65 bits per heavy atom. The van der Waals surface area contributed by atoms with Gasteiger partial charge < -0.3 is 14.4 Å². The van der Waals surface area contributed by atoms with E-state index in [2.05, 4.69) is 11.1 Å². The summed E-state index contributed by atoms with van der Waals surface area (Å²) in [6.45, 7) is 6.41. The molecule has 5 nitrogen and oxygen atoms in total. The number of imidazole rings is 1. The van der Waals surface area contributed by atoms with Crippen LogP contribution in [0.1, 0.15) is 36.4 Å². The first-order valence-electron chi connectivity index (χ1n) is 6.66. The number of nitrogens with zero attached hydrogens (tertiary/aromatic N) is 2. The van der Waals surface area contributed by atoms with Crippen molar-refractivity contribution < 1.29 is 14.6 Å². The van der Waals surface area contributed by atoms with E-state index in [0.29, 0.717) is 6.54 Å². The molecule has 0 saturated heterocycles. The van der Waals surface area contributed by atoms with Gasteiger partial charge in [-0.2, -0.15) is 0 Å². The minimum atomic E-state index is -0.813. The molecule has 1 unspecified atom stereocenters. The fourth-order valence-corrected chi connectivity index (χ4v) is 2.26. The van der Waals surface area contributed by atoms with Crippen molar-refractivity contribution in [2.24, 2.45) is 0 Å². The van der Waals surface area contributed by atoms with Gasteiger partial charge in [0.1, 0.15) is 11.9 Å². The standard InChI is InChI=1S/C15H20N2O3/c1-9-7-12-13(8-10(9)2)17(6-5-14(18)19)15(16-12)11(3)20-4/h7-8,11H,5-6H2,1-4H3,(H,18,19). The number of aliphatic carboxylic acids is 1. The first kappa shape index (κ1) is 14.5. The van der Waals surface area contributed by atoms with Crippen LogP contribution in [-0.2, 0) is 16.1 Å². The minimum absolute atomic E-state index is 0.0712. The second-order valence-electron chi connectivity index (χ2n) is 5.07. The molecular formula is C15H20N2O3. The number of hydrogen-bond acceptors (Lipinski definition) is 3. The molecule has 20 heavy (non-hydrogen) atoms. The molecule has 0 spiro atoms. The van der Waals surface area contributed by atoms with Crippen LogP contribution in [-0.4, -0.2) is 27.7 Å². The van der Waals surface area contributed by atoms with Gasteiger partial charge in [0, 0.05) is 13.7 Å². The molecule has 0 radical (unpaired) electrons. The highest BCUT2D eigenvalue weighted by atomic mass is 16.5. The molecule has 0 aliphatic carbocycles. The van der Waals surface area contributed by atoms with Gasteiger partial charge in [-0.1, -0.05) is 0 Å². The molecule has 108 valence electrons. The second kappa shape index (κ2) is 5.63. The number of ether oxygens (including phenoxy) is 1. The summed E-state index contributed by atoms with van der Waals surface area (Å²) in [5, 5.41) is 8.90. The van der Waals surface area contributed by atoms with Crippen LogP contribution in [0.15, 0.2) is 12.1 Å². The summed E-state index contributed by atoms with van der Waals surface area (Å²) in [5.41, 5.74) is 4.20. The van der Waals surface area contributed by atoms with Crippen molar-refractivity contribution in [3.63, 3.8) is 0 Å². The van der Waals surface area contributed by atoms with Crippen molar-refractivity contribution in [2.75, 3.05) is 7.11 Å². The fourth-order valence-electron chi connectivity index (χ4n) is 2.26. The zero-order valence-electron chi connectivity index (χ0n) is 12.3. The molecule has 0 amide bonds. The molecule has 2 aromatic rings. The summed E-state index contributed by atoms with van der Waals surface area (Å²) in [6, 6.07) is 4.10. The van der Waals surface area contributed by atoms with Crippen molar-refractivity contribution in [2.45, 2.75) is 39.8 Å². The Balaban J connectivity index is 2.58. The number of methoxy groups -OCH3 is 1. The van der Waals surface area contributed by atoms with E-state index < -0.39 is 5.97 Å². The van der Waals surface area contributed by atoms with Gasteiger partial charge in [0.05, 0.1) is 17.5 Å². The lowest BCUT2D eigenvalue weighted by Gasteiger charge is -2.12. The molecule has 0 aliphatic rings. The zero-order chi connectivity index (χ0) is 14.9. The molecular weight excluding hydrogens is 256 g/mol. The molecule has 1 aromatic heterocycles. The van der Waals surface area contributed by atoms with E-state index in [1.807, 2.05) is 31.4 Å². The average Bonchev–Trinajstić information content (AvgIpc) is 2.74. The number of benzene rings is 1. The van der Waals surface area contributed by atoms with E-state index in [-0.39, 0.29) is 12.5 Å². The van der Waals surface area contributed by atoms with E-state index in [9.17, 15) is 4.79 Å². The molecule has 1 aromatic carbocycles. The van der Waals surface area contributed by atoms with Crippen LogP contribution < -0.4 is 0 Å². The summed E-state index contributed by atoms with van der Waals surface area (Å²) < 4.78 is 7.29. The van der Waals surface area contributed by atoms with Gasteiger partial charge in [0.25, 0.3) is 0 Å². The predicted molar refractivity (Wildman–Crippen MR) is 76.9 cm³/mol. The van der Waals surface area contributed by atoms with E-state index in [1.165, 1.54) is 11.1 Å². The summed E-state index contributed by atoms with van der Waals surface area (Å²) in [6.07, 6.45) is -0.0984. The molecule has 0 aliphatic heterocycles. The number of hydrogen-bond donors (Lipinski definition) is 1. The zero-order valence-corrected chi connectivity index (χ0v) is 12.3. The largest absolute Gasteiger partial charge is 0.481 e. The molecule has 1 atom stereocenters. The Kier molecular flexibility index (Phi) is 4.09. The highest BCUT2D eigenvalue weighted by molar-refractivity contribution is 5.78. The van der Waals surface area contributed by atoms with E-state index in [1.54, 1.807) is 7.11 Å². The Bertz CT molecular complexity index is 646. The number of carboxylic acid groups (broad SMARTS) is 1. The summed E-state index contributed by atoms with van der Waals surface area (Å²) in [7, 11) is 1.63. The normalized spacial score (nSPS) is 12.8. The van der Waals surface area contributed by atoms with Gasteiger partial charge in [-0.15, -0.1) is 0 Å². The maximum atomic E-state index is 10.8. The lowest BCUT2D eigenvalue weighted by molar-refractivity contribution is -0.137. The monoisotopic (exact) mass is 276 g/mol. The van der Waals surface area contributed by atoms with Gasteiger partial charge in [-0.05, 0) is 44.0 Å². The predicted octanol–water partition coefficient (Wildman–Crippen LogP) is 2.84. The maximum absolute atomic E-state index is 10.8. The van der Waals surface area contributed by atoms with Crippen molar-refractivity contribution in [1.29, 1.82) is 0 Å². The Morgan fingerprint density at radius 2 is 2.05 bits per heavy atom. The quantitative estimate of drug-likeness (QED) is 0.912. The molecule has 0 fully saturated rings. The van der Waals surface area contributed by atoms with Gasteiger partial charge in [-0.3, -0.25) is 4.79 Å². The van der Waals surface area contributed by atoms with Gasteiger partial charge in [0.2, 0.25) is 0 Å². The highest BCUT2D eigenvalue weighted by Crippen LogP contribution is 2.25. The second-order valence-corrected chi connectivity index (χ2v) is 5.07. The number of aryl methyl sites for hydroxylation is 3. The average molecular weight is 276 g/mol. The molecule has 2 rings (SSSR count). The first-order chi connectivity index (χ1) is 9.43. The Morgan fingerprint density at radius 1 is 1.40 bits per heavy atom. The van der Waals surface area contributed by atoms with Crippen LogP contribution in [0.3, 0.4) is 0 Å². The minimum Gasteiger partial charge on any atom is -0.481 e. The number of carbonyl (C=O) groups is 1. The lowest BCUT2D eigenvalue weighted by atomic mass is 10.1. The summed E-state index contributed by atoms with van der Waals surface area (Å²) in [4.78, 5) is 15.4. The number of rotatable bonds is 5. The van der Waals surface area contributed by atoms with Crippen LogP contribution in [0.4, 0.5) is 0 Å². The third-order valence-corrected chi connectivity index (χ3v) is 3.66. The number of aromatic nitrogens is 2. The van der Waals surface area contributed by atoms with Crippen LogP contribution in [0.5, 0.6) is 0 Å². The molecule has 0 saturated carbocycles. The topological polar surface area (TPSA) is 64.4 Å². The molecule has 0 bridgehead atoms. The van der Waals surface area contributed by atoms with Crippen LogP contribution in [0.2, 0.25) is 0 Å². The number of fused-ring (bicyclic) bond motifs is 1. The highest BCUT2D eigenvalue weighted by Gasteiger charge is 2.17. The van der Waals surface area contributed by atoms with Crippen LogP contribution in [0.25, 0.3) is 11.0 Å². The number of carboxylic acids is 1. The van der Waals surface area contributed by atoms with Gasteiger partial charge in [0.15, 0.2) is 0 Å². The fraction of sp³-hybridized carbons (Fsp3) is 0.467. The van der Waals surface area contributed by atoms with Crippen LogP contribution in [0, 0.1) is 13.8 Å². The Labute approximate surface area is 118 Å². The van der Waals surface area contributed by atoms with Gasteiger partial charge >= 0.3 is 5.97 Å². The van der Waals surface area contributed by atoms with Crippen molar-refractivity contribution in [3.8, 4) is 0 Å². The van der Waals surface area contributed by atoms with E-state index >= 15 is 0 Å². The molecule has 1 N–H and O–H groups in total. The third-order valence-electron chi connectivity index (χ3n) is 3.66. The lowest BCUT2D eigenvalue weighted by Crippen LogP contribution is -2.11. The smallest absolute Gasteiger partial charge is 0.305 e. The van der Waals surface area contributed by atoms with Crippen LogP contribution >= 0.6 is 0 Å². The van der Waals surface area contributed by atoms with Crippen molar-refractivity contribution in [3.05, 3.63) is 29.1 Å². The van der Waals surface area contributed by atoms with E-state index in [4.69, 9.17) is 9.84 Å². The first-order valence-corrected chi connectivity index (χ1v) is 6.66. The van der Waals surface area contributed by atoms with Crippen molar-refractivity contribution >= 4 is 17.0 Å². The maximum Gasteiger partial charge on any atom is 0.305 e. The molecule has 5 heteroatoms. The third kappa shape index (κ3) is 2.67. The summed E-state index contributed by atoms with van der Waals surface area (Å²) >= 11 is 0. The Hall–Kier alpha value is -1.88. The summed E-state index contributed by atoms with van der Waals surface area (Å²) in [5.74, 6) is -0.0412. The van der Waals surface area contributed by atoms with E-state index in [0.717, 1.165) is 16.9 Å². The SMILES string of the molecule is COC(C)c1nc2cc(C)c(C)cc2n1CCC(=O)O. The van der Waals surface area contributed by atoms with Gasteiger partial charge in [-0.25, -0.2) is 4.98 Å². The molecule has 1 heterocycles.